The number of rotatable bonds is 6. The number of carbonyl (C=O) groups excluding carboxylic acids is 1. The van der Waals surface area contributed by atoms with Crippen LogP contribution in [0.4, 0.5) is 4.79 Å². The van der Waals surface area contributed by atoms with Crippen LogP contribution in [-0.2, 0) is 17.8 Å². The lowest BCUT2D eigenvalue weighted by Crippen LogP contribution is -2.49. The van der Waals surface area contributed by atoms with E-state index in [2.05, 4.69) is 27.8 Å². The van der Waals surface area contributed by atoms with Gasteiger partial charge in [-0.05, 0) is 37.0 Å². The number of aliphatic imine (C=N–C) groups is 1. The van der Waals surface area contributed by atoms with Crippen molar-refractivity contribution in [2.24, 2.45) is 4.99 Å². The summed E-state index contributed by atoms with van der Waals surface area (Å²) in [6.07, 6.45) is 3.27. The molecule has 1 fully saturated rings. The minimum atomic E-state index is -0.232. The Hall–Kier alpha value is -2.56. The number of amides is 1. The zero-order valence-corrected chi connectivity index (χ0v) is 21.0. The molecule has 174 valence electrons. The van der Waals surface area contributed by atoms with Gasteiger partial charge < -0.3 is 24.8 Å². The molecule has 0 bridgehead atoms. The first-order valence-electron chi connectivity index (χ1n) is 10.7. The summed E-state index contributed by atoms with van der Waals surface area (Å²) >= 11 is 0. The predicted octanol–water partition coefficient (Wildman–Crippen LogP) is 2.80. The number of carbonyl (C=O) groups is 1. The fraction of sp³-hybridized carbons (Fsp3) is 0.435. The fourth-order valence-electron chi connectivity index (χ4n) is 3.55. The van der Waals surface area contributed by atoms with Gasteiger partial charge in [-0.25, -0.2) is 4.79 Å². The first-order chi connectivity index (χ1) is 15.1. The van der Waals surface area contributed by atoms with Gasteiger partial charge in [-0.3, -0.25) is 9.79 Å². The van der Waals surface area contributed by atoms with Gasteiger partial charge in [0.25, 0.3) is 5.56 Å². The fourth-order valence-corrected chi connectivity index (χ4v) is 3.55. The van der Waals surface area contributed by atoms with Gasteiger partial charge in [0.1, 0.15) is 0 Å². The van der Waals surface area contributed by atoms with E-state index in [1.54, 1.807) is 34.8 Å². The number of benzene rings is 1. The van der Waals surface area contributed by atoms with E-state index >= 15 is 0 Å². The van der Waals surface area contributed by atoms with Gasteiger partial charge in [0, 0.05) is 45.0 Å². The molecule has 0 saturated carbocycles. The van der Waals surface area contributed by atoms with E-state index in [0.29, 0.717) is 32.8 Å². The first kappa shape index (κ1) is 25.7. The van der Waals surface area contributed by atoms with Crippen LogP contribution in [0.2, 0.25) is 0 Å². The van der Waals surface area contributed by atoms with Crippen LogP contribution < -0.4 is 16.2 Å². The number of aromatic nitrogens is 1. The maximum absolute atomic E-state index is 11.9. The molecule has 1 aliphatic heterocycles. The molecule has 32 heavy (non-hydrogen) atoms. The van der Waals surface area contributed by atoms with Gasteiger partial charge in [0.2, 0.25) is 0 Å². The summed E-state index contributed by atoms with van der Waals surface area (Å²) in [4.78, 5) is 29.7. The number of piperidine rings is 1. The summed E-state index contributed by atoms with van der Waals surface area (Å²) in [6.45, 7) is 4.78. The number of halogens is 1. The zero-order chi connectivity index (χ0) is 22.1. The Morgan fingerprint density at radius 1 is 1.12 bits per heavy atom. The Morgan fingerprint density at radius 2 is 1.81 bits per heavy atom. The van der Waals surface area contributed by atoms with Gasteiger partial charge in [0.15, 0.2) is 5.96 Å². The van der Waals surface area contributed by atoms with Gasteiger partial charge in [-0.2, -0.15) is 0 Å². The predicted molar refractivity (Wildman–Crippen MR) is 137 cm³/mol. The lowest BCUT2D eigenvalue weighted by molar-refractivity contribution is 0.0963. The maximum Gasteiger partial charge on any atom is 0.409 e. The number of likely N-dealkylation sites (tertiary alicyclic amines) is 1. The normalized spacial score (nSPS) is 14.4. The molecule has 1 saturated heterocycles. The van der Waals surface area contributed by atoms with E-state index in [9.17, 15) is 9.59 Å². The van der Waals surface area contributed by atoms with Crippen molar-refractivity contribution >= 4 is 36.0 Å². The third-order valence-electron chi connectivity index (χ3n) is 5.32. The molecule has 0 unspecified atom stereocenters. The molecule has 1 aliphatic rings. The standard InChI is InChI=1S/C23H31N5O3.HI/c1-3-31-23(30)27-14-11-20(12-15-27)26-22(24-2)25-16-18-7-9-19(10-8-18)17-28-13-5-4-6-21(28)29;/h4-10,13,20H,3,11-12,14-17H2,1-2H3,(H2,24,25,26);1H. The number of hydrogen-bond donors (Lipinski definition) is 2. The number of hydrogen-bond acceptors (Lipinski definition) is 4. The molecule has 8 nitrogen and oxygen atoms in total. The average molecular weight is 553 g/mol. The van der Waals surface area contributed by atoms with Gasteiger partial charge in [-0.15, -0.1) is 24.0 Å². The van der Waals surface area contributed by atoms with Gasteiger partial charge in [0.05, 0.1) is 13.2 Å². The molecule has 0 aliphatic carbocycles. The molecule has 0 atom stereocenters. The van der Waals surface area contributed by atoms with Crippen molar-refractivity contribution in [3.8, 4) is 0 Å². The third-order valence-corrected chi connectivity index (χ3v) is 5.32. The molecular formula is C23H32IN5O3. The Bertz CT molecular complexity index is 937. The van der Waals surface area contributed by atoms with E-state index in [-0.39, 0.29) is 41.7 Å². The summed E-state index contributed by atoms with van der Waals surface area (Å²) in [5, 5.41) is 6.78. The monoisotopic (exact) mass is 553 g/mol. The summed E-state index contributed by atoms with van der Waals surface area (Å²) in [5.74, 6) is 0.745. The lowest BCUT2D eigenvalue weighted by Gasteiger charge is -2.32. The number of pyridine rings is 1. The Kier molecular flexibility index (Phi) is 10.5. The lowest BCUT2D eigenvalue weighted by atomic mass is 10.1. The molecule has 3 rings (SSSR count). The van der Waals surface area contributed by atoms with E-state index in [4.69, 9.17) is 4.74 Å². The zero-order valence-electron chi connectivity index (χ0n) is 18.6. The Balaban J connectivity index is 0.00000363. The molecule has 2 aromatic rings. The molecule has 1 aromatic carbocycles. The molecule has 0 spiro atoms. The second-order valence-corrected chi connectivity index (χ2v) is 7.51. The first-order valence-corrected chi connectivity index (χ1v) is 10.7. The SMILES string of the molecule is CCOC(=O)N1CCC(NC(=NC)NCc2ccc(Cn3ccccc3=O)cc2)CC1.I. The number of nitrogens with one attached hydrogen (secondary N) is 2. The second-order valence-electron chi connectivity index (χ2n) is 7.51. The number of guanidine groups is 1. The maximum atomic E-state index is 11.9. The van der Waals surface area contributed by atoms with Crippen molar-refractivity contribution in [1.82, 2.24) is 20.1 Å². The second kappa shape index (κ2) is 13.1. The van der Waals surface area contributed by atoms with Crippen LogP contribution in [0.25, 0.3) is 0 Å². The molecular weight excluding hydrogens is 521 g/mol. The molecule has 2 N–H and O–H groups in total. The molecule has 2 heterocycles. The molecule has 1 aromatic heterocycles. The van der Waals surface area contributed by atoms with Crippen LogP contribution in [0.5, 0.6) is 0 Å². The van der Waals surface area contributed by atoms with Gasteiger partial charge in [-0.1, -0.05) is 30.3 Å². The third kappa shape index (κ3) is 7.54. The average Bonchev–Trinajstić information content (AvgIpc) is 2.79. The molecule has 1 amide bonds. The van der Waals surface area contributed by atoms with Crippen molar-refractivity contribution in [3.63, 3.8) is 0 Å². The Labute approximate surface area is 206 Å². The summed E-state index contributed by atoms with van der Waals surface area (Å²) in [5.41, 5.74) is 2.20. The largest absolute Gasteiger partial charge is 0.450 e. The van der Waals surface area contributed by atoms with Crippen molar-refractivity contribution in [1.29, 1.82) is 0 Å². The summed E-state index contributed by atoms with van der Waals surface area (Å²) in [7, 11) is 1.75. The van der Waals surface area contributed by atoms with Crippen LogP contribution >= 0.6 is 24.0 Å². The Morgan fingerprint density at radius 3 is 2.44 bits per heavy atom. The van der Waals surface area contributed by atoms with Crippen LogP contribution in [0.15, 0.2) is 58.4 Å². The van der Waals surface area contributed by atoms with Crippen molar-refractivity contribution in [2.75, 3.05) is 26.7 Å². The van der Waals surface area contributed by atoms with Crippen molar-refractivity contribution in [3.05, 3.63) is 70.1 Å². The number of ether oxygens (including phenoxy) is 1. The van der Waals surface area contributed by atoms with E-state index in [1.807, 2.05) is 25.1 Å². The van der Waals surface area contributed by atoms with E-state index in [0.717, 1.165) is 29.9 Å². The minimum Gasteiger partial charge on any atom is -0.450 e. The van der Waals surface area contributed by atoms with E-state index in [1.165, 1.54) is 0 Å². The van der Waals surface area contributed by atoms with Crippen LogP contribution in [-0.4, -0.2) is 54.3 Å². The highest BCUT2D eigenvalue weighted by Crippen LogP contribution is 2.11. The summed E-state index contributed by atoms with van der Waals surface area (Å²) < 4.78 is 6.75. The highest BCUT2D eigenvalue weighted by molar-refractivity contribution is 14.0. The molecule has 9 heteroatoms. The van der Waals surface area contributed by atoms with Crippen LogP contribution in [0.3, 0.4) is 0 Å². The van der Waals surface area contributed by atoms with Crippen LogP contribution in [0.1, 0.15) is 30.9 Å². The van der Waals surface area contributed by atoms with Crippen molar-refractivity contribution < 1.29 is 9.53 Å². The molecule has 0 radical (unpaired) electrons. The quantitative estimate of drug-likeness (QED) is 0.327. The highest BCUT2D eigenvalue weighted by Gasteiger charge is 2.23. The minimum absolute atomic E-state index is 0. The van der Waals surface area contributed by atoms with Crippen molar-refractivity contribution in [2.45, 2.75) is 38.9 Å². The van der Waals surface area contributed by atoms with Crippen LogP contribution in [0, 0.1) is 0 Å². The number of nitrogens with zero attached hydrogens (tertiary/aromatic N) is 3. The van der Waals surface area contributed by atoms with E-state index < -0.39 is 0 Å². The van der Waals surface area contributed by atoms with Gasteiger partial charge >= 0.3 is 6.09 Å². The summed E-state index contributed by atoms with van der Waals surface area (Å²) in [6, 6.07) is 13.6. The topological polar surface area (TPSA) is 88.0 Å². The smallest absolute Gasteiger partial charge is 0.409 e. The highest BCUT2D eigenvalue weighted by atomic mass is 127.